The number of nitrogens with one attached hydrogen (secondary N) is 1. The van der Waals surface area contributed by atoms with Gasteiger partial charge < -0.3 is 14.3 Å². The zero-order valence-electron chi connectivity index (χ0n) is 11.8. The minimum absolute atomic E-state index is 0.170. The Labute approximate surface area is 119 Å². The van der Waals surface area contributed by atoms with Gasteiger partial charge in [0.2, 0.25) is 5.76 Å². The first-order valence-electron chi connectivity index (χ1n) is 6.35. The number of aromatic nitrogens is 2. The van der Waals surface area contributed by atoms with Crippen LogP contribution in [0.1, 0.15) is 54.9 Å². The van der Waals surface area contributed by atoms with Gasteiger partial charge in [0.15, 0.2) is 12.1 Å². The molecule has 0 bridgehead atoms. The largest absolute Gasteiger partial charge is 0.448 e. The van der Waals surface area contributed by atoms with Gasteiger partial charge in [-0.3, -0.25) is 4.79 Å². The van der Waals surface area contributed by atoms with Crippen LogP contribution in [-0.2, 0) is 12.0 Å². The third-order valence-corrected chi connectivity index (χ3v) is 2.99. The number of rotatable bonds is 5. The Morgan fingerprint density at radius 1 is 1.48 bits per heavy atom. The molecular weight excluding hydrogens is 284 g/mol. The molecule has 6 nitrogen and oxygen atoms in total. The van der Waals surface area contributed by atoms with Crippen LogP contribution in [0.5, 0.6) is 0 Å². The van der Waals surface area contributed by atoms with Gasteiger partial charge in [-0.1, -0.05) is 12.1 Å². The average molecular weight is 299 g/mol. The fourth-order valence-corrected chi connectivity index (χ4v) is 1.80. The van der Waals surface area contributed by atoms with Gasteiger partial charge in [-0.25, -0.2) is 13.8 Å². The molecule has 0 saturated heterocycles. The smallest absolute Gasteiger partial charge is 0.298 e. The maximum Gasteiger partial charge on any atom is 0.298 e. The second-order valence-corrected chi connectivity index (χ2v) is 4.97. The SMILES string of the molecule is CCc1ocnc1C(=O)NC(C)(C)c1cc(C(F)F)on1. The second kappa shape index (κ2) is 5.63. The molecule has 0 fully saturated rings. The summed E-state index contributed by atoms with van der Waals surface area (Å²) in [7, 11) is 0. The van der Waals surface area contributed by atoms with Gasteiger partial charge in [0, 0.05) is 12.5 Å². The van der Waals surface area contributed by atoms with Crippen molar-refractivity contribution in [2.24, 2.45) is 0 Å². The van der Waals surface area contributed by atoms with E-state index in [9.17, 15) is 13.6 Å². The average Bonchev–Trinajstić information content (AvgIpc) is 3.07. The van der Waals surface area contributed by atoms with Crippen LogP contribution < -0.4 is 5.32 Å². The van der Waals surface area contributed by atoms with E-state index in [0.717, 1.165) is 6.07 Å². The summed E-state index contributed by atoms with van der Waals surface area (Å²) in [5.41, 5.74) is -0.617. The molecule has 114 valence electrons. The fraction of sp³-hybridized carbons (Fsp3) is 0.462. The number of amides is 1. The van der Waals surface area contributed by atoms with Crippen LogP contribution in [0.4, 0.5) is 8.78 Å². The van der Waals surface area contributed by atoms with E-state index >= 15 is 0 Å². The quantitative estimate of drug-likeness (QED) is 0.918. The zero-order chi connectivity index (χ0) is 15.6. The van der Waals surface area contributed by atoms with Crippen molar-refractivity contribution < 1.29 is 22.5 Å². The lowest BCUT2D eigenvalue weighted by molar-refractivity contribution is 0.0900. The Morgan fingerprint density at radius 2 is 2.19 bits per heavy atom. The van der Waals surface area contributed by atoms with Gasteiger partial charge in [-0.2, -0.15) is 0 Å². The standard InChI is InChI=1S/C13H15F2N3O3/c1-4-7-10(16-6-20-7)12(19)17-13(2,3)9-5-8(11(14)15)21-18-9/h5-6,11H,4H2,1-3H3,(H,17,19). The van der Waals surface area contributed by atoms with Gasteiger partial charge >= 0.3 is 0 Å². The molecule has 0 aromatic carbocycles. The Balaban J connectivity index is 2.18. The Kier molecular flexibility index (Phi) is 4.06. The van der Waals surface area contributed by atoms with E-state index in [4.69, 9.17) is 4.42 Å². The summed E-state index contributed by atoms with van der Waals surface area (Å²) in [6.07, 6.45) is -1.05. The highest BCUT2D eigenvalue weighted by atomic mass is 19.3. The summed E-state index contributed by atoms with van der Waals surface area (Å²) in [5.74, 6) is -0.549. The van der Waals surface area contributed by atoms with Crippen LogP contribution in [0.2, 0.25) is 0 Å². The first-order chi connectivity index (χ1) is 9.85. The highest BCUT2D eigenvalue weighted by molar-refractivity contribution is 5.93. The topological polar surface area (TPSA) is 81.2 Å². The number of alkyl halides is 2. The van der Waals surface area contributed by atoms with Gasteiger partial charge in [-0.05, 0) is 13.8 Å². The highest BCUT2D eigenvalue weighted by Crippen LogP contribution is 2.25. The van der Waals surface area contributed by atoms with E-state index in [1.807, 2.05) is 6.92 Å². The van der Waals surface area contributed by atoms with Crippen molar-refractivity contribution in [3.63, 3.8) is 0 Å². The number of halogens is 2. The molecule has 0 saturated carbocycles. The lowest BCUT2D eigenvalue weighted by Gasteiger charge is -2.23. The molecular formula is C13H15F2N3O3. The molecule has 2 heterocycles. The Bertz CT molecular complexity index is 634. The number of oxazole rings is 1. The number of carbonyl (C=O) groups is 1. The third-order valence-electron chi connectivity index (χ3n) is 2.99. The van der Waals surface area contributed by atoms with E-state index in [1.54, 1.807) is 13.8 Å². The summed E-state index contributed by atoms with van der Waals surface area (Å²) >= 11 is 0. The normalized spacial score (nSPS) is 11.9. The lowest BCUT2D eigenvalue weighted by Crippen LogP contribution is -2.41. The van der Waals surface area contributed by atoms with Crippen molar-refractivity contribution >= 4 is 5.91 Å². The summed E-state index contributed by atoms with van der Waals surface area (Å²) in [6, 6.07) is 1.12. The van der Waals surface area contributed by atoms with Crippen LogP contribution in [0.25, 0.3) is 0 Å². The van der Waals surface area contributed by atoms with Crippen LogP contribution in [0, 0.1) is 0 Å². The molecule has 8 heteroatoms. The zero-order valence-corrected chi connectivity index (χ0v) is 11.8. The van der Waals surface area contributed by atoms with Gasteiger partial charge in [0.05, 0.1) is 5.54 Å². The van der Waals surface area contributed by atoms with Crippen molar-refractivity contribution in [3.05, 3.63) is 35.4 Å². The summed E-state index contributed by atoms with van der Waals surface area (Å²) < 4.78 is 34.6. The van der Waals surface area contributed by atoms with E-state index in [2.05, 4.69) is 20.0 Å². The molecule has 2 rings (SSSR count). The Morgan fingerprint density at radius 3 is 2.76 bits per heavy atom. The van der Waals surface area contributed by atoms with E-state index < -0.39 is 23.6 Å². The molecule has 0 radical (unpaired) electrons. The van der Waals surface area contributed by atoms with Crippen molar-refractivity contribution in [2.45, 2.75) is 39.2 Å². The molecule has 0 unspecified atom stereocenters. The number of nitrogens with zero attached hydrogens (tertiary/aromatic N) is 2. The molecule has 21 heavy (non-hydrogen) atoms. The van der Waals surface area contributed by atoms with E-state index in [1.165, 1.54) is 6.39 Å². The number of carbonyl (C=O) groups excluding carboxylic acids is 1. The first-order valence-corrected chi connectivity index (χ1v) is 6.35. The third kappa shape index (κ3) is 3.09. The molecule has 0 atom stereocenters. The van der Waals surface area contributed by atoms with Gasteiger partial charge in [-0.15, -0.1) is 0 Å². The number of hydrogen-bond acceptors (Lipinski definition) is 5. The number of hydrogen-bond donors (Lipinski definition) is 1. The molecule has 0 aliphatic heterocycles. The maximum absolute atomic E-state index is 12.5. The molecule has 0 aliphatic rings. The van der Waals surface area contributed by atoms with Crippen LogP contribution in [0.15, 0.2) is 21.4 Å². The Hall–Kier alpha value is -2.25. The van der Waals surface area contributed by atoms with E-state index in [-0.39, 0.29) is 11.4 Å². The molecule has 2 aromatic heterocycles. The first kappa shape index (κ1) is 15.1. The molecule has 1 amide bonds. The monoisotopic (exact) mass is 299 g/mol. The summed E-state index contributed by atoms with van der Waals surface area (Å²) in [5, 5.41) is 6.25. The summed E-state index contributed by atoms with van der Waals surface area (Å²) in [4.78, 5) is 16.0. The van der Waals surface area contributed by atoms with Crippen LogP contribution in [0.3, 0.4) is 0 Å². The van der Waals surface area contributed by atoms with Crippen molar-refractivity contribution in [1.29, 1.82) is 0 Å². The second-order valence-electron chi connectivity index (χ2n) is 4.97. The highest BCUT2D eigenvalue weighted by Gasteiger charge is 2.30. The van der Waals surface area contributed by atoms with Crippen LogP contribution in [-0.4, -0.2) is 16.0 Å². The van der Waals surface area contributed by atoms with E-state index in [0.29, 0.717) is 12.2 Å². The van der Waals surface area contributed by atoms with Crippen molar-refractivity contribution in [2.75, 3.05) is 0 Å². The van der Waals surface area contributed by atoms with Gasteiger partial charge in [0.1, 0.15) is 11.5 Å². The summed E-state index contributed by atoms with van der Waals surface area (Å²) in [6.45, 7) is 5.09. The predicted octanol–water partition coefficient (Wildman–Crippen LogP) is 2.83. The van der Waals surface area contributed by atoms with Crippen LogP contribution >= 0.6 is 0 Å². The minimum atomic E-state index is -2.75. The van der Waals surface area contributed by atoms with Crippen molar-refractivity contribution in [3.8, 4) is 0 Å². The molecule has 0 aliphatic carbocycles. The predicted molar refractivity (Wildman–Crippen MR) is 67.8 cm³/mol. The number of aryl methyl sites for hydroxylation is 1. The van der Waals surface area contributed by atoms with Crippen molar-refractivity contribution in [1.82, 2.24) is 15.5 Å². The fourth-order valence-electron chi connectivity index (χ4n) is 1.80. The molecule has 2 aromatic rings. The minimum Gasteiger partial charge on any atom is -0.448 e. The molecule has 0 spiro atoms. The maximum atomic E-state index is 12.5. The lowest BCUT2D eigenvalue weighted by atomic mass is 10.00. The molecule has 1 N–H and O–H groups in total. The van der Waals surface area contributed by atoms with Gasteiger partial charge in [0.25, 0.3) is 12.3 Å².